The maximum atomic E-state index is 13.0. The third kappa shape index (κ3) is 3.01. The molecule has 116 valence electrons. The second-order valence-corrected chi connectivity index (χ2v) is 5.49. The average molecular weight is 303 g/mol. The highest BCUT2D eigenvalue weighted by Crippen LogP contribution is 2.23. The van der Waals surface area contributed by atoms with Crippen LogP contribution in [0.1, 0.15) is 23.2 Å². The zero-order chi connectivity index (χ0) is 15.5. The van der Waals surface area contributed by atoms with Gasteiger partial charge in [-0.15, -0.1) is 0 Å². The third-order valence-electron chi connectivity index (χ3n) is 3.85. The van der Waals surface area contributed by atoms with Gasteiger partial charge in [-0.05, 0) is 37.1 Å². The van der Waals surface area contributed by atoms with Crippen LogP contribution in [-0.4, -0.2) is 47.3 Å². The smallest absolute Gasteiger partial charge is 0.257 e. The fourth-order valence-corrected chi connectivity index (χ4v) is 2.67. The number of rotatable bonds is 4. The minimum atomic E-state index is -0.313. The molecule has 22 heavy (non-hydrogen) atoms. The number of likely N-dealkylation sites (N-methyl/N-ethyl adjacent to an activating group) is 1. The number of carbonyl (C=O) groups excluding carboxylic acids is 1. The van der Waals surface area contributed by atoms with Crippen LogP contribution >= 0.6 is 0 Å². The van der Waals surface area contributed by atoms with Crippen LogP contribution in [0, 0.1) is 5.82 Å². The van der Waals surface area contributed by atoms with Gasteiger partial charge in [0.1, 0.15) is 5.82 Å². The lowest BCUT2D eigenvalue weighted by Crippen LogP contribution is -2.34. The topological polar surface area (TPSA) is 58.2 Å². The van der Waals surface area contributed by atoms with Crippen LogP contribution in [0.25, 0.3) is 11.3 Å². The lowest BCUT2D eigenvalue weighted by Gasteiger charge is -2.20. The second-order valence-electron chi connectivity index (χ2n) is 5.49. The quantitative estimate of drug-likeness (QED) is 0.944. The first-order chi connectivity index (χ1) is 10.6. The van der Waals surface area contributed by atoms with Crippen molar-refractivity contribution in [1.29, 1.82) is 0 Å². The van der Waals surface area contributed by atoms with Gasteiger partial charge in [-0.1, -0.05) is 0 Å². The molecule has 0 radical (unpaired) electrons. The zero-order valence-electron chi connectivity index (χ0n) is 12.4. The molecule has 5 nitrogen and oxygen atoms in total. The van der Waals surface area contributed by atoms with Crippen molar-refractivity contribution in [2.75, 3.05) is 20.2 Å². The van der Waals surface area contributed by atoms with Crippen LogP contribution in [0.2, 0.25) is 0 Å². The van der Waals surface area contributed by atoms with Gasteiger partial charge < -0.3 is 9.64 Å². The van der Waals surface area contributed by atoms with Crippen molar-refractivity contribution in [3.8, 4) is 11.3 Å². The minimum Gasteiger partial charge on any atom is -0.376 e. The molecule has 3 rings (SSSR count). The Bertz CT molecular complexity index is 648. The van der Waals surface area contributed by atoms with Crippen LogP contribution < -0.4 is 0 Å². The van der Waals surface area contributed by atoms with Gasteiger partial charge in [-0.25, -0.2) is 4.39 Å². The summed E-state index contributed by atoms with van der Waals surface area (Å²) in [7, 11) is 1.76. The van der Waals surface area contributed by atoms with Crippen LogP contribution in [0.15, 0.2) is 30.5 Å². The van der Waals surface area contributed by atoms with Crippen LogP contribution in [0.3, 0.4) is 0 Å². The second kappa shape index (κ2) is 6.27. The van der Waals surface area contributed by atoms with E-state index in [1.54, 1.807) is 24.1 Å². The summed E-state index contributed by atoms with van der Waals surface area (Å²) < 4.78 is 18.6. The van der Waals surface area contributed by atoms with Crippen molar-refractivity contribution in [1.82, 2.24) is 15.1 Å². The highest BCUT2D eigenvalue weighted by atomic mass is 19.1. The molecule has 2 aromatic rings. The highest BCUT2D eigenvalue weighted by Gasteiger charge is 2.23. The summed E-state index contributed by atoms with van der Waals surface area (Å²) in [5.74, 6) is -0.435. The molecule has 0 unspecified atom stereocenters. The standard InChI is InChI=1S/C16H18FN3O2/c1-20(10-13-3-2-8-22-13)16(21)14-9-18-19-15(14)11-4-6-12(17)7-5-11/h4-7,9,13H,2-3,8,10H2,1H3,(H,18,19)/t13-/m0/s1. The Balaban J connectivity index is 1.78. The molecule has 1 aromatic carbocycles. The number of aromatic nitrogens is 2. The Labute approximate surface area is 128 Å². The molecule has 1 amide bonds. The van der Waals surface area contributed by atoms with Crippen molar-refractivity contribution in [3.05, 3.63) is 41.8 Å². The molecule has 1 atom stereocenters. The van der Waals surface area contributed by atoms with Gasteiger partial charge in [-0.2, -0.15) is 5.10 Å². The van der Waals surface area contributed by atoms with Crippen molar-refractivity contribution >= 4 is 5.91 Å². The number of hydrogen-bond donors (Lipinski definition) is 1. The van der Waals surface area contributed by atoms with Gasteiger partial charge in [-0.3, -0.25) is 9.89 Å². The van der Waals surface area contributed by atoms with E-state index in [1.165, 1.54) is 18.3 Å². The number of nitrogens with zero attached hydrogens (tertiary/aromatic N) is 2. The molecular weight excluding hydrogens is 285 g/mol. The summed E-state index contributed by atoms with van der Waals surface area (Å²) in [4.78, 5) is 14.2. The Hall–Kier alpha value is -2.21. The fourth-order valence-electron chi connectivity index (χ4n) is 2.67. The van der Waals surface area contributed by atoms with E-state index < -0.39 is 0 Å². The Morgan fingerprint density at radius 2 is 2.23 bits per heavy atom. The molecule has 0 saturated carbocycles. The van der Waals surface area contributed by atoms with Gasteiger partial charge in [0.05, 0.1) is 23.6 Å². The van der Waals surface area contributed by atoms with Gasteiger partial charge in [0.25, 0.3) is 5.91 Å². The van der Waals surface area contributed by atoms with Crippen LogP contribution in [0.4, 0.5) is 4.39 Å². The van der Waals surface area contributed by atoms with Gasteiger partial charge in [0.2, 0.25) is 0 Å². The third-order valence-corrected chi connectivity index (χ3v) is 3.85. The molecule has 1 aliphatic heterocycles. The average Bonchev–Trinajstić information content (AvgIpc) is 3.18. The molecular formula is C16H18FN3O2. The number of carbonyl (C=O) groups is 1. The van der Waals surface area contributed by atoms with Crippen LogP contribution in [-0.2, 0) is 4.74 Å². The highest BCUT2D eigenvalue weighted by molar-refractivity contribution is 5.99. The number of hydrogen-bond acceptors (Lipinski definition) is 3. The lowest BCUT2D eigenvalue weighted by molar-refractivity contribution is 0.0587. The number of halogens is 1. The van der Waals surface area contributed by atoms with Gasteiger partial charge >= 0.3 is 0 Å². The minimum absolute atomic E-state index is 0.107. The summed E-state index contributed by atoms with van der Waals surface area (Å²) in [6.45, 7) is 1.33. The molecule has 1 saturated heterocycles. The first kappa shape index (κ1) is 14.7. The molecule has 0 spiro atoms. The monoisotopic (exact) mass is 303 g/mol. The molecule has 1 fully saturated rings. The maximum Gasteiger partial charge on any atom is 0.257 e. The molecule has 0 bridgehead atoms. The van der Waals surface area contributed by atoms with Gasteiger partial charge in [0, 0.05) is 25.8 Å². The van der Waals surface area contributed by atoms with E-state index in [0.717, 1.165) is 25.0 Å². The molecule has 6 heteroatoms. The largest absolute Gasteiger partial charge is 0.376 e. The number of ether oxygens (including phenoxy) is 1. The SMILES string of the molecule is CN(C[C@@H]1CCCO1)C(=O)c1cn[nH]c1-c1ccc(F)cc1. The first-order valence-corrected chi connectivity index (χ1v) is 7.31. The summed E-state index contributed by atoms with van der Waals surface area (Å²) in [5.41, 5.74) is 1.81. The molecule has 0 aliphatic carbocycles. The Kier molecular flexibility index (Phi) is 4.20. The van der Waals surface area contributed by atoms with E-state index in [4.69, 9.17) is 4.74 Å². The lowest BCUT2D eigenvalue weighted by atomic mass is 10.1. The Morgan fingerprint density at radius 1 is 1.45 bits per heavy atom. The zero-order valence-corrected chi connectivity index (χ0v) is 12.4. The molecule has 2 heterocycles. The van der Waals surface area contributed by atoms with E-state index in [-0.39, 0.29) is 17.8 Å². The van der Waals surface area contributed by atoms with E-state index in [9.17, 15) is 9.18 Å². The van der Waals surface area contributed by atoms with E-state index >= 15 is 0 Å². The fraction of sp³-hybridized carbons (Fsp3) is 0.375. The molecule has 1 aromatic heterocycles. The summed E-state index contributed by atoms with van der Waals surface area (Å²) in [5, 5.41) is 6.78. The van der Waals surface area contributed by atoms with E-state index in [0.29, 0.717) is 17.8 Å². The van der Waals surface area contributed by atoms with Crippen LogP contribution in [0.5, 0.6) is 0 Å². The normalized spacial score (nSPS) is 17.6. The maximum absolute atomic E-state index is 13.0. The van der Waals surface area contributed by atoms with E-state index in [2.05, 4.69) is 10.2 Å². The summed E-state index contributed by atoms with van der Waals surface area (Å²) in [6.07, 6.45) is 3.63. The predicted octanol–water partition coefficient (Wildman–Crippen LogP) is 2.47. The van der Waals surface area contributed by atoms with Crippen molar-refractivity contribution in [3.63, 3.8) is 0 Å². The number of amides is 1. The number of nitrogens with one attached hydrogen (secondary N) is 1. The number of benzene rings is 1. The molecule has 1 aliphatic rings. The Morgan fingerprint density at radius 3 is 2.91 bits per heavy atom. The van der Waals surface area contributed by atoms with Crippen molar-refractivity contribution in [2.45, 2.75) is 18.9 Å². The number of aromatic amines is 1. The van der Waals surface area contributed by atoms with Crippen molar-refractivity contribution < 1.29 is 13.9 Å². The predicted molar refractivity (Wildman–Crippen MR) is 79.9 cm³/mol. The summed E-state index contributed by atoms with van der Waals surface area (Å²) in [6, 6.07) is 5.97. The summed E-state index contributed by atoms with van der Waals surface area (Å²) >= 11 is 0. The van der Waals surface area contributed by atoms with Crippen molar-refractivity contribution in [2.24, 2.45) is 0 Å². The molecule has 1 N–H and O–H groups in total. The van der Waals surface area contributed by atoms with Gasteiger partial charge in [0.15, 0.2) is 0 Å². The number of H-pyrrole nitrogens is 1. The van der Waals surface area contributed by atoms with E-state index in [1.807, 2.05) is 0 Å². The first-order valence-electron chi connectivity index (χ1n) is 7.31.